The van der Waals surface area contributed by atoms with Gasteiger partial charge in [-0.25, -0.2) is 0 Å². The monoisotopic (exact) mass is 402 g/mol. The first kappa shape index (κ1) is 14.6. The second-order valence-corrected chi connectivity index (χ2v) is 5.95. The Kier molecular flexibility index (Phi) is 5.01. The van der Waals surface area contributed by atoms with Crippen molar-refractivity contribution in [1.82, 2.24) is 0 Å². The van der Waals surface area contributed by atoms with Gasteiger partial charge in [-0.3, -0.25) is 0 Å². The van der Waals surface area contributed by atoms with Crippen LogP contribution in [-0.4, -0.2) is 5.11 Å². The first-order chi connectivity index (χ1) is 9.08. The predicted molar refractivity (Wildman–Crippen MR) is 95.2 cm³/mol. The lowest BCUT2D eigenvalue weighted by Gasteiger charge is -2.14. The second-order valence-electron chi connectivity index (χ2n) is 3.97. The smallest absolute Gasteiger partial charge is 0.175 e. The van der Waals surface area contributed by atoms with E-state index in [1.165, 1.54) is 0 Å². The number of anilines is 2. The fourth-order valence-corrected chi connectivity index (χ4v) is 2.50. The quantitative estimate of drug-likeness (QED) is 0.542. The molecule has 2 N–H and O–H groups in total. The van der Waals surface area contributed by atoms with Crippen LogP contribution in [0.4, 0.5) is 11.4 Å². The average molecular weight is 403 g/mol. The van der Waals surface area contributed by atoms with Gasteiger partial charge in [0.15, 0.2) is 5.11 Å². The molecule has 0 heterocycles. The van der Waals surface area contributed by atoms with Crippen LogP contribution in [0, 0.1) is 10.5 Å². The third-order valence-corrected chi connectivity index (χ3v) is 4.19. The first-order valence-electron chi connectivity index (χ1n) is 5.65. The van der Waals surface area contributed by atoms with Crippen LogP contribution >= 0.6 is 46.4 Å². The largest absolute Gasteiger partial charge is 0.332 e. The molecular weight excluding hydrogens is 391 g/mol. The van der Waals surface area contributed by atoms with E-state index in [1.54, 1.807) is 0 Å². The molecule has 19 heavy (non-hydrogen) atoms. The zero-order valence-electron chi connectivity index (χ0n) is 10.2. The minimum absolute atomic E-state index is 0.550. The van der Waals surface area contributed by atoms with Crippen molar-refractivity contribution in [3.63, 3.8) is 0 Å². The van der Waals surface area contributed by atoms with Gasteiger partial charge in [-0.1, -0.05) is 29.8 Å². The fraction of sp³-hybridized carbons (Fsp3) is 0.0714. The molecule has 0 aliphatic heterocycles. The van der Waals surface area contributed by atoms with E-state index in [0.29, 0.717) is 5.11 Å². The molecule has 2 aromatic rings. The number of para-hydroxylation sites is 1. The van der Waals surface area contributed by atoms with Gasteiger partial charge in [-0.15, -0.1) is 0 Å². The maximum absolute atomic E-state index is 6.08. The molecule has 0 fully saturated rings. The lowest BCUT2D eigenvalue weighted by Crippen LogP contribution is -2.20. The van der Waals surface area contributed by atoms with E-state index in [-0.39, 0.29) is 0 Å². The second kappa shape index (κ2) is 6.54. The zero-order chi connectivity index (χ0) is 13.8. The van der Waals surface area contributed by atoms with Gasteiger partial charge < -0.3 is 10.6 Å². The molecule has 0 aliphatic carbocycles. The Hall–Kier alpha value is -0.850. The molecule has 0 amide bonds. The van der Waals surface area contributed by atoms with Gasteiger partial charge in [-0.2, -0.15) is 0 Å². The van der Waals surface area contributed by atoms with Crippen molar-refractivity contribution >= 4 is 62.9 Å². The normalized spacial score (nSPS) is 10.1. The van der Waals surface area contributed by atoms with E-state index < -0.39 is 0 Å². The minimum Gasteiger partial charge on any atom is -0.332 e. The molecular formula is C14H12ClIN2S. The topological polar surface area (TPSA) is 24.1 Å². The molecule has 0 unspecified atom stereocenters. The maximum atomic E-state index is 6.08. The van der Waals surface area contributed by atoms with Gasteiger partial charge in [0.1, 0.15) is 0 Å². The van der Waals surface area contributed by atoms with E-state index in [4.69, 9.17) is 23.8 Å². The highest BCUT2D eigenvalue weighted by Gasteiger charge is 2.05. The Bertz CT molecular complexity index is 616. The summed E-state index contributed by atoms with van der Waals surface area (Å²) in [5.74, 6) is 0. The zero-order valence-corrected chi connectivity index (χ0v) is 13.9. The van der Waals surface area contributed by atoms with Gasteiger partial charge in [-0.05, 0) is 71.6 Å². The molecule has 0 spiro atoms. The van der Waals surface area contributed by atoms with E-state index in [1.807, 2.05) is 49.4 Å². The molecule has 0 atom stereocenters. The van der Waals surface area contributed by atoms with E-state index in [9.17, 15) is 0 Å². The minimum atomic E-state index is 0.550. The van der Waals surface area contributed by atoms with E-state index in [0.717, 1.165) is 25.5 Å². The fourth-order valence-electron chi connectivity index (χ4n) is 1.58. The predicted octanol–water partition coefficient (Wildman–Crippen LogP) is 5.06. The van der Waals surface area contributed by atoms with Gasteiger partial charge in [0.2, 0.25) is 0 Å². The Morgan fingerprint density at radius 2 is 1.68 bits per heavy atom. The molecule has 0 aromatic heterocycles. The number of halogens is 2. The van der Waals surface area contributed by atoms with Crippen LogP contribution < -0.4 is 10.6 Å². The molecule has 0 saturated heterocycles. The van der Waals surface area contributed by atoms with Gasteiger partial charge in [0.25, 0.3) is 0 Å². The van der Waals surface area contributed by atoms with Crippen LogP contribution in [0.3, 0.4) is 0 Å². The summed E-state index contributed by atoms with van der Waals surface area (Å²) in [6.45, 7) is 1.96. The van der Waals surface area contributed by atoms with Gasteiger partial charge in [0.05, 0.1) is 5.69 Å². The summed E-state index contributed by atoms with van der Waals surface area (Å²) in [5.41, 5.74) is 2.88. The van der Waals surface area contributed by atoms with Crippen LogP contribution in [0.2, 0.25) is 5.02 Å². The molecule has 2 rings (SSSR count). The van der Waals surface area contributed by atoms with Crippen LogP contribution in [0.1, 0.15) is 5.56 Å². The van der Waals surface area contributed by atoms with Crippen LogP contribution in [-0.2, 0) is 0 Å². The number of benzene rings is 2. The van der Waals surface area contributed by atoms with Crippen molar-refractivity contribution in [1.29, 1.82) is 0 Å². The summed E-state index contributed by atoms with van der Waals surface area (Å²) in [6, 6.07) is 13.7. The lowest BCUT2D eigenvalue weighted by molar-refractivity contribution is 1.45. The van der Waals surface area contributed by atoms with Crippen molar-refractivity contribution in [2.45, 2.75) is 6.92 Å². The Labute approximate surface area is 136 Å². The SMILES string of the molecule is Cc1c(Cl)cccc1NC(=S)Nc1ccccc1I. The first-order valence-corrected chi connectivity index (χ1v) is 7.52. The Balaban J connectivity index is 2.10. The van der Waals surface area contributed by atoms with Gasteiger partial charge in [0, 0.05) is 14.3 Å². The molecule has 0 bridgehead atoms. The highest BCUT2D eigenvalue weighted by molar-refractivity contribution is 14.1. The Morgan fingerprint density at radius 3 is 2.42 bits per heavy atom. The van der Waals surface area contributed by atoms with Crippen molar-refractivity contribution in [2.24, 2.45) is 0 Å². The third-order valence-electron chi connectivity index (χ3n) is 2.64. The standard InChI is InChI=1S/C14H12ClIN2S/c1-9-10(15)5-4-8-12(9)17-14(19)18-13-7-3-2-6-11(13)16/h2-8H,1H3,(H2,17,18,19). The summed E-state index contributed by atoms with van der Waals surface area (Å²) in [4.78, 5) is 0. The van der Waals surface area contributed by atoms with Crippen LogP contribution in [0.25, 0.3) is 0 Å². The summed E-state index contributed by atoms with van der Waals surface area (Å²) >= 11 is 13.7. The third kappa shape index (κ3) is 3.81. The molecule has 0 saturated carbocycles. The lowest BCUT2D eigenvalue weighted by atomic mass is 10.2. The van der Waals surface area contributed by atoms with Crippen LogP contribution in [0.15, 0.2) is 42.5 Å². The molecule has 2 nitrogen and oxygen atoms in total. The Morgan fingerprint density at radius 1 is 1.05 bits per heavy atom. The molecule has 0 aliphatic rings. The van der Waals surface area contributed by atoms with Crippen molar-refractivity contribution in [2.75, 3.05) is 10.6 Å². The highest BCUT2D eigenvalue weighted by Crippen LogP contribution is 2.23. The van der Waals surface area contributed by atoms with E-state index in [2.05, 4.69) is 33.2 Å². The summed E-state index contributed by atoms with van der Waals surface area (Å²) < 4.78 is 1.12. The van der Waals surface area contributed by atoms with Crippen LogP contribution in [0.5, 0.6) is 0 Å². The number of rotatable bonds is 2. The highest BCUT2D eigenvalue weighted by atomic mass is 127. The van der Waals surface area contributed by atoms with Crippen molar-refractivity contribution in [3.05, 3.63) is 56.6 Å². The van der Waals surface area contributed by atoms with Crippen molar-refractivity contribution < 1.29 is 0 Å². The average Bonchev–Trinajstić information content (AvgIpc) is 2.38. The summed E-state index contributed by atoms with van der Waals surface area (Å²) in [7, 11) is 0. The maximum Gasteiger partial charge on any atom is 0.175 e. The molecule has 5 heteroatoms. The summed E-state index contributed by atoms with van der Waals surface area (Å²) in [6.07, 6.45) is 0. The number of hydrogen-bond donors (Lipinski definition) is 2. The van der Waals surface area contributed by atoms with Crippen molar-refractivity contribution in [3.8, 4) is 0 Å². The van der Waals surface area contributed by atoms with E-state index >= 15 is 0 Å². The van der Waals surface area contributed by atoms with Gasteiger partial charge >= 0.3 is 0 Å². The molecule has 2 aromatic carbocycles. The summed E-state index contributed by atoms with van der Waals surface area (Å²) in [5, 5.41) is 7.61. The molecule has 98 valence electrons. The number of hydrogen-bond acceptors (Lipinski definition) is 1. The number of nitrogens with one attached hydrogen (secondary N) is 2. The number of thiocarbonyl (C=S) groups is 1. The molecule has 0 radical (unpaired) electrons.